The largest absolute Gasteiger partial charge is 0.387 e. The zero-order chi connectivity index (χ0) is 11.2. The van der Waals surface area contributed by atoms with Crippen LogP contribution in [0.2, 0.25) is 0 Å². The number of nitrogens with one attached hydrogen (secondary N) is 1. The first kappa shape index (κ1) is 12.0. The molecule has 1 rings (SSSR count). The van der Waals surface area contributed by atoms with Crippen molar-refractivity contribution in [2.24, 2.45) is 10.8 Å². The molecule has 0 aliphatic carbocycles. The van der Waals surface area contributed by atoms with Gasteiger partial charge in [0.15, 0.2) is 0 Å². The number of hydrogen-bond donors (Lipinski definition) is 2. The maximum absolute atomic E-state index is 10.9. The van der Waals surface area contributed by atoms with Crippen LogP contribution in [-0.4, -0.2) is 23.3 Å². The lowest BCUT2D eigenvalue weighted by Gasteiger charge is -2.57. The van der Waals surface area contributed by atoms with Crippen LogP contribution in [-0.2, 0) is 0 Å². The average molecular weight is 199 g/mol. The van der Waals surface area contributed by atoms with E-state index in [1.165, 1.54) is 0 Å². The van der Waals surface area contributed by atoms with E-state index in [0.29, 0.717) is 0 Å². The van der Waals surface area contributed by atoms with Gasteiger partial charge in [0.1, 0.15) is 0 Å². The Morgan fingerprint density at radius 2 is 1.36 bits per heavy atom. The molecule has 0 radical (unpaired) electrons. The summed E-state index contributed by atoms with van der Waals surface area (Å²) in [7, 11) is 0. The average Bonchev–Trinajstić information content (AvgIpc) is 1.77. The molecule has 1 atom stereocenters. The topological polar surface area (TPSA) is 32.3 Å². The molecule has 0 aromatic carbocycles. The second-order valence-corrected chi connectivity index (χ2v) is 6.56. The highest BCUT2D eigenvalue weighted by Crippen LogP contribution is 2.48. The summed E-state index contributed by atoms with van der Waals surface area (Å²) in [5, 5.41) is 14.3. The van der Waals surface area contributed by atoms with E-state index >= 15 is 0 Å². The van der Waals surface area contributed by atoms with Crippen LogP contribution in [0.25, 0.3) is 0 Å². The minimum atomic E-state index is -0.641. The molecule has 0 bridgehead atoms. The zero-order valence-electron chi connectivity index (χ0n) is 10.4. The molecular formula is C12H25NO. The van der Waals surface area contributed by atoms with Gasteiger partial charge in [-0.15, -0.1) is 0 Å². The number of hydrogen-bond acceptors (Lipinski definition) is 2. The molecule has 1 fully saturated rings. The summed E-state index contributed by atoms with van der Waals surface area (Å²) in [6.45, 7) is 13.8. The molecule has 84 valence electrons. The van der Waals surface area contributed by atoms with E-state index in [2.05, 4.69) is 46.9 Å². The van der Waals surface area contributed by atoms with E-state index in [-0.39, 0.29) is 16.9 Å². The Kier molecular flexibility index (Phi) is 2.75. The molecule has 14 heavy (non-hydrogen) atoms. The van der Waals surface area contributed by atoms with Gasteiger partial charge in [-0.2, -0.15) is 0 Å². The van der Waals surface area contributed by atoms with Crippen molar-refractivity contribution < 1.29 is 5.11 Å². The van der Waals surface area contributed by atoms with Gasteiger partial charge in [0, 0.05) is 6.04 Å². The first-order valence-corrected chi connectivity index (χ1v) is 5.56. The highest BCUT2D eigenvalue weighted by Gasteiger charge is 2.55. The molecule has 0 saturated carbocycles. The van der Waals surface area contributed by atoms with Crippen molar-refractivity contribution in [3.8, 4) is 0 Å². The van der Waals surface area contributed by atoms with Gasteiger partial charge in [0.2, 0.25) is 0 Å². The SMILES string of the molecule is CC(C)(C)C(O)([C@@H]1CCN1)C(C)(C)C. The third-order valence-corrected chi connectivity index (χ3v) is 3.61. The van der Waals surface area contributed by atoms with E-state index in [1.54, 1.807) is 0 Å². The summed E-state index contributed by atoms with van der Waals surface area (Å²) in [5.74, 6) is 0. The number of aliphatic hydroxyl groups is 1. The van der Waals surface area contributed by atoms with Crippen molar-refractivity contribution in [2.45, 2.75) is 59.6 Å². The van der Waals surface area contributed by atoms with Crippen LogP contribution in [0.5, 0.6) is 0 Å². The van der Waals surface area contributed by atoms with Gasteiger partial charge >= 0.3 is 0 Å². The molecule has 2 heteroatoms. The predicted octanol–water partition coefficient (Wildman–Crippen LogP) is 2.17. The third-order valence-electron chi connectivity index (χ3n) is 3.61. The lowest BCUT2D eigenvalue weighted by atomic mass is 9.57. The van der Waals surface area contributed by atoms with Crippen molar-refractivity contribution in [1.29, 1.82) is 0 Å². The fourth-order valence-corrected chi connectivity index (χ4v) is 2.82. The fraction of sp³-hybridized carbons (Fsp3) is 1.00. The summed E-state index contributed by atoms with van der Waals surface area (Å²) >= 11 is 0. The van der Waals surface area contributed by atoms with Crippen molar-refractivity contribution in [1.82, 2.24) is 5.32 Å². The second-order valence-electron chi connectivity index (χ2n) is 6.56. The highest BCUT2D eigenvalue weighted by molar-refractivity contribution is 5.09. The van der Waals surface area contributed by atoms with Crippen LogP contribution in [0, 0.1) is 10.8 Å². The van der Waals surface area contributed by atoms with Gasteiger partial charge in [-0.05, 0) is 23.8 Å². The van der Waals surface area contributed by atoms with Crippen LogP contribution in [0.15, 0.2) is 0 Å². The minimum absolute atomic E-state index is 0.0939. The zero-order valence-corrected chi connectivity index (χ0v) is 10.4. The van der Waals surface area contributed by atoms with Gasteiger partial charge in [-0.25, -0.2) is 0 Å². The fourth-order valence-electron chi connectivity index (χ4n) is 2.82. The number of rotatable bonds is 1. The van der Waals surface area contributed by atoms with E-state index < -0.39 is 5.60 Å². The second kappa shape index (κ2) is 3.21. The van der Waals surface area contributed by atoms with Gasteiger partial charge in [0.25, 0.3) is 0 Å². The summed E-state index contributed by atoms with van der Waals surface area (Å²) < 4.78 is 0. The van der Waals surface area contributed by atoms with Crippen LogP contribution in [0.1, 0.15) is 48.0 Å². The molecule has 0 spiro atoms. The van der Waals surface area contributed by atoms with Crippen LogP contribution in [0.3, 0.4) is 0 Å². The first-order chi connectivity index (χ1) is 6.11. The Hall–Kier alpha value is -0.0800. The van der Waals surface area contributed by atoms with Gasteiger partial charge < -0.3 is 10.4 Å². The van der Waals surface area contributed by atoms with Gasteiger partial charge in [0.05, 0.1) is 5.60 Å². The lowest BCUT2D eigenvalue weighted by molar-refractivity contribution is -0.172. The molecule has 1 heterocycles. The Morgan fingerprint density at radius 1 is 1.00 bits per heavy atom. The summed E-state index contributed by atoms with van der Waals surface area (Å²) in [5.41, 5.74) is -0.828. The van der Waals surface area contributed by atoms with Crippen molar-refractivity contribution >= 4 is 0 Å². The highest BCUT2D eigenvalue weighted by atomic mass is 16.3. The standard InChI is InChI=1S/C12H25NO/c1-10(2,3)12(14,11(4,5)6)9-7-8-13-9/h9,13-14H,7-8H2,1-6H3/t9-/m0/s1. The normalized spacial score (nSPS) is 24.6. The van der Waals surface area contributed by atoms with E-state index in [4.69, 9.17) is 0 Å². The molecule has 2 N–H and O–H groups in total. The Bertz CT molecular complexity index is 191. The molecule has 1 aliphatic heterocycles. The molecule has 1 aliphatic rings. The minimum Gasteiger partial charge on any atom is -0.387 e. The molecule has 0 aromatic rings. The molecule has 1 saturated heterocycles. The van der Waals surface area contributed by atoms with E-state index in [0.717, 1.165) is 13.0 Å². The molecular weight excluding hydrogens is 174 g/mol. The van der Waals surface area contributed by atoms with Crippen LogP contribution >= 0.6 is 0 Å². The quantitative estimate of drug-likeness (QED) is 0.678. The summed E-state index contributed by atoms with van der Waals surface area (Å²) in [4.78, 5) is 0. The first-order valence-electron chi connectivity index (χ1n) is 5.56. The molecule has 0 amide bonds. The lowest BCUT2D eigenvalue weighted by Crippen LogP contribution is -2.69. The van der Waals surface area contributed by atoms with Crippen molar-refractivity contribution in [2.75, 3.05) is 6.54 Å². The smallest absolute Gasteiger partial charge is 0.0896 e. The Balaban J connectivity index is 3.01. The maximum Gasteiger partial charge on any atom is 0.0896 e. The van der Waals surface area contributed by atoms with Gasteiger partial charge in [-0.3, -0.25) is 0 Å². The molecule has 2 nitrogen and oxygen atoms in total. The van der Waals surface area contributed by atoms with Crippen molar-refractivity contribution in [3.63, 3.8) is 0 Å². The van der Waals surface area contributed by atoms with Crippen LogP contribution < -0.4 is 5.32 Å². The van der Waals surface area contributed by atoms with E-state index in [1.807, 2.05) is 0 Å². The van der Waals surface area contributed by atoms with E-state index in [9.17, 15) is 5.11 Å². The van der Waals surface area contributed by atoms with Crippen LogP contribution in [0.4, 0.5) is 0 Å². The summed E-state index contributed by atoms with van der Waals surface area (Å²) in [6.07, 6.45) is 1.09. The predicted molar refractivity (Wildman–Crippen MR) is 60.3 cm³/mol. The monoisotopic (exact) mass is 199 g/mol. The molecule has 0 unspecified atom stereocenters. The maximum atomic E-state index is 10.9. The third kappa shape index (κ3) is 1.59. The summed E-state index contributed by atoms with van der Waals surface area (Å²) in [6, 6.07) is 0.252. The Labute approximate surface area is 88.1 Å². The van der Waals surface area contributed by atoms with Crippen molar-refractivity contribution in [3.05, 3.63) is 0 Å². The van der Waals surface area contributed by atoms with Gasteiger partial charge in [-0.1, -0.05) is 41.5 Å². The molecule has 0 aromatic heterocycles. The Morgan fingerprint density at radius 3 is 1.43 bits per heavy atom.